The number of esters is 1. The Bertz CT molecular complexity index is 1370. The van der Waals surface area contributed by atoms with Gasteiger partial charge in [0.25, 0.3) is 0 Å². The molecule has 5 rings (SSSR count). The SMILES string of the molecule is COc1cc([C@@H]2c3cc(O)c(O)cc3[C@@H](Nc3ccc(C#N)cc3)[C@H]3COC(=O)[C@H]23)cc(OC)c1OC. The molecule has 37 heavy (non-hydrogen) atoms. The lowest BCUT2D eigenvalue weighted by atomic mass is 9.65. The third-order valence-electron chi connectivity index (χ3n) is 7.17. The Morgan fingerprint density at radius 2 is 1.57 bits per heavy atom. The molecule has 1 heterocycles. The Balaban J connectivity index is 1.69. The van der Waals surface area contributed by atoms with Gasteiger partial charge in [-0.2, -0.15) is 5.26 Å². The van der Waals surface area contributed by atoms with E-state index in [1.54, 1.807) is 36.4 Å². The largest absolute Gasteiger partial charge is 0.504 e. The fourth-order valence-electron chi connectivity index (χ4n) is 5.48. The van der Waals surface area contributed by atoms with Crippen LogP contribution in [-0.2, 0) is 9.53 Å². The molecule has 3 N–H and O–H groups in total. The number of carbonyl (C=O) groups is 1. The van der Waals surface area contributed by atoms with E-state index in [1.165, 1.54) is 33.5 Å². The Labute approximate surface area is 213 Å². The Kier molecular flexibility index (Phi) is 6.17. The van der Waals surface area contributed by atoms with Crippen molar-refractivity contribution in [3.05, 3.63) is 70.8 Å². The maximum absolute atomic E-state index is 13.2. The molecule has 3 aromatic rings. The van der Waals surface area contributed by atoms with Crippen LogP contribution in [-0.4, -0.2) is 44.1 Å². The minimum absolute atomic E-state index is 0.180. The number of hydrogen-bond acceptors (Lipinski definition) is 9. The van der Waals surface area contributed by atoms with Gasteiger partial charge in [0.05, 0.1) is 51.5 Å². The predicted octanol–water partition coefficient (Wildman–Crippen LogP) is 4.08. The highest BCUT2D eigenvalue weighted by Crippen LogP contribution is 2.55. The summed E-state index contributed by atoms with van der Waals surface area (Å²) in [4.78, 5) is 13.2. The van der Waals surface area contributed by atoms with Crippen LogP contribution in [0.5, 0.6) is 28.7 Å². The number of phenolic OH excluding ortho intramolecular Hbond substituents is 2. The molecule has 0 radical (unpaired) electrons. The first-order valence-corrected chi connectivity index (χ1v) is 11.7. The fraction of sp³-hybridized carbons (Fsp3) is 0.286. The summed E-state index contributed by atoms with van der Waals surface area (Å²) in [5.41, 5.74) is 3.36. The minimum Gasteiger partial charge on any atom is -0.504 e. The van der Waals surface area contributed by atoms with Gasteiger partial charge in [0.1, 0.15) is 0 Å². The minimum atomic E-state index is -0.588. The first kappa shape index (κ1) is 24.1. The standard InChI is InChI=1S/C28H26N2O7/c1-34-22-8-15(9-23(35-2)27(22)36-3)24-17-10-20(31)21(32)11-18(17)26(19-13-37-28(33)25(19)24)30-16-6-4-14(12-29)5-7-16/h4-11,19,24-26,30-32H,13H2,1-3H3/t19-,24+,25-,26+/m0/s1. The second-order valence-corrected chi connectivity index (χ2v) is 9.04. The van der Waals surface area contributed by atoms with Crippen molar-refractivity contribution in [2.75, 3.05) is 33.3 Å². The molecule has 1 fully saturated rings. The highest BCUT2D eigenvalue weighted by atomic mass is 16.5. The van der Waals surface area contributed by atoms with Gasteiger partial charge in [0.2, 0.25) is 5.75 Å². The van der Waals surface area contributed by atoms with Crippen LogP contribution in [0.25, 0.3) is 0 Å². The Morgan fingerprint density at radius 1 is 0.946 bits per heavy atom. The number of carbonyl (C=O) groups excluding carboxylic acids is 1. The monoisotopic (exact) mass is 502 g/mol. The molecule has 0 bridgehead atoms. The number of ether oxygens (including phenoxy) is 4. The normalized spacial score (nSPS) is 21.7. The van der Waals surface area contributed by atoms with Crippen molar-refractivity contribution < 1.29 is 34.0 Å². The van der Waals surface area contributed by atoms with Crippen LogP contribution in [0, 0.1) is 23.2 Å². The van der Waals surface area contributed by atoms with Gasteiger partial charge in [-0.05, 0) is 65.2 Å². The van der Waals surface area contributed by atoms with Gasteiger partial charge in [0, 0.05) is 17.5 Å². The average Bonchev–Trinajstić information content (AvgIpc) is 3.30. The van der Waals surface area contributed by atoms with E-state index in [4.69, 9.17) is 24.2 Å². The van der Waals surface area contributed by atoms with Gasteiger partial charge >= 0.3 is 5.97 Å². The Morgan fingerprint density at radius 3 is 2.14 bits per heavy atom. The van der Waals surface area contributed by atoms with E-state index in [9.17, 15) is 15.0 Å². The molecule has 190 valence electrons. The lowest BCUT2D eigenvalue weighted by Gasteiger charge is -2.40. The third kappa shape index (κ3) is 4.00. The average molecular weight is 503 g/mol. The highest BCUT2D eigenvalue weighted by Gasteiger charge is 2.52. The van der Waals surface area contributed by atoms with Crippen molar-refractivity contribution >= 4 is 11.7 Å². The van der Waals surface area contributed by atoms with Crippen LogP contribution in [0.4, 0.5) is 5.69 Å². The number of nitrogens with zero attached hydrogens (tertiary/aromatic N) is 1. The first-order valence-electron chi connectivity index (χ1n) is 11.7. The molecule has 3 aromatic carbocycles. The number of methoxy groups -OCH3 is 3. The second kappa shape index (κ2) is 9.47. The van der Waals surface area contributed by atoms with Gasteiger partial charge in [-0.1, -0.05) is 0 Å². The number of fused-ring (bicyclic) bond motifs is 2. The Hall–Kier alpha value is -4.58. The molecule has 0 spiro atoms. The number of aromatic hydroxyl groups is 2. The fourth-order valence-corrected chi connectivity index (χ4v) is 5.48. The van der Waals surface area contributed by atoms with E-state index in [-0.39, 0.29) is 30.0 Å². The molecule has 2 aliphatic rings. The van der Waals surface area contributed by atoms with Gasteiger partial charge in [-0.3, -0.25) is 4.79 Å². The molecule has 0 amide bonds. The summed E-state index contributed by atoms with van der Waals surface area (Å²) in [5, 5.41) is 33.5. The van der Waals surface area contributed by atoms with Crippen LogP contribution in [0.2, 0.25) is 0 Å². The quantitative estimate of drug-likeness (QED) is 0.337. The second-order valence-electron chi connectivity index (χ2n) is 9.04. The van der Waals surface area contributed by atoms with Crippen LogP contribution in [0.1, 0.15) is 34.2 Å². The molecule has 9 nitrogen and oxygen atoms in total. The van der Waals surface area contributed by atoms with E-state index in [0.717, 1.165) is 11.3 Å². The molecule has 4 atom stereocenters. The summed E-state index contributed by atoms with van der Waals surface area (Å²) in [6.45, 7) is 0.180. The van der Waals surface area contributed by atoms with Gasteiger partial charge < -0.3 is 34.5 Å². The molecule has 0 unspecified atom stereocenters. The van der Waals surface area contributed by atoms with Crippen molar-refractivity contribution in [1.82, 2.24) is 0 Å². The summed E-state index contributed by atoms with van der Waals surface area (Å²) in [6.07, 6.45) is 0. The zero-order chi connectivity index (χ0) is 26.3. The van der Waals surface area contributed by atoms with Crippen LogP contribution >= 0.6 is 0 Å². The number of nitrogens with one attached hydrogen (secondary N) is 1. The zero-order valence-corrected chi connectivity index (χ0v) is 20.5. The van der Waals surface area contributed by atoms with Gasteiger partial charge in [-0.15, -0.1) is 0 Å². The van der Waals surface area contributed by atoms with Crippen molar-refractivity contribution in [2.45, 2.75) is 12.0 Å². The first-order chi connectivity index (χ1) is 17.9. The topological polar surface area (TPSA) is 130 Å². The van der Waals surface area contributed by atoms with Crippen molar-refractivity contribution in [3.8, 4) is 34.8 Å². The maximum Gasteiger partial charge on any atom is 0.310 e. The number of nitriles is 1. The number of anilines is 1. The summed E-state index contributed by atoms with van der Waals surface area (Å²) in [7, 11) is 4.55. The molecule has 1 aliphatic carbocycles. The molecule has 9 heteroatoms. The van der Waals surface area contributed by atoms with E-state index in [1.807, 2.05) is 0 Å². The third-order valence-corrected chi connectivity index (χ3v) is 7.17. The molecule has 0 aromatic heterocycles. The molecular formula is C28H26N2O7. The van der Waals surface area contributed by atoms with Crippen molar-refractivity contribution in [2.24, 2.45) is 11.8 Å². The van der Waals surface area contributed by atoms with Gasteiger partial charge in [0.15, 0.2) is 23.0 Å². The number of cyclic esters (lactones) is 1. The summed E-state index contributed by atoms with van der Waals surface area (Å²) in [6, 6.07) is 15.3. The summed E-state index contributed by atoms with van der Waals surface area (Å²) < 4.78 is 22.1. The summed E-state index contributed by atoms with van der Waals surface area (Å²) >= 11 is 0. The summed E-state index contributed by atoms with van der Waals surface area (Å²) in [5.74, 6) is -1.02. The molecule has 1 saturated heterocycles. The molecule has 0 saturated carbocycles. The van der Waals surface area contributed by atoms with Crippen molar-refractivity contribution in [3.63, 3.8) is 0 Å². The predicted molar refractivity (Wildman–Crippen MR) is 133 cm³/mol. The van der Waals surface area contributed by atoms with E-state index in [2.05, 4.69) is 11.4 Å². The zero-order valence-electron chi connectivity index (χ0n) is 20.5. The van der Waals surface area contributed by atoms with E-state index >= 15 is 0 Å². The van der Waals surface area contributed by atoms with Gasteiger partial charge in [-0.25, -0.2) is 0 Å². The maximum atomic E-state index is 13.2. The lowest BCUT2D eigenvalue weighted by Crippen LogP contribution is -2.37. The van der Waals surface area contributed by atoms with Crippen LogP contribution < -0.4 is 19.5 Å². The van der Waals surface area contributed by atoms with Crippen molar-refractivity contribution in [1.29, 1.82) is 5.26 Å². The highest BCUT2D eigenvalue weighted by molar-refractivity contribution is 5.79. The smallest absolute Gasteiger partial charge is 0.310 e. The van der Waals surface area contributed by atoms with Crippen LogP contribution in [0.3, 0.4) is 0 Å². The molecule has 1 aliphatic heterocycles. The number of hydrogen-bond donors (Lipinski definition) is 3. The lowest BCUT2D eigenvalue weighted by molar-refractivity contribution is -0.141. The number of rotatable bonds is 6. The van der Waals surface area contributed by atoms with E-state index in [0.29, 0.717) is 33.9 Å². The number of phenols is 2. The molecular weight excluding hydrogens is 476 g/mol. The number of benzene rings is 3. The van der Waals surface area contributed by atoms with Crippen LogP contribution in [0.15, 0.2) is 48.5 Å². The van der Waals surface area contributed by atoms with E-state index < -0.39 is 17.9 Å².